The third-order valence-electron chi connectivity index (χ3n) is 11.4. The van der Waals surface area contributed by atoms with Crippen LogP contribution in [0.4, 0.5) is 4.79 Å². The summed E-state index contributed by atoms with van der Waals surface area (Å²) < 4.78 is 0. The number of aromatic nitrogens is 5. The largest absolute Gasteiger partial charge is 0.465 e. The number of rotatable bonds is 11. The molecule has 0 bridgehead atoms. The number of carbonyl (C=O) groups excluding carboxylic acids is 2. The van der Waals surface area contributed by atoms with Crippen molar-refractivity contribution in [1.29, 1.82) is 0 Å². The molecule has 13 heteroatoms. The highest BCUT2D eigenvalue weighted by Gasteiger charge is 2.40. The van der Waals surface area contributed by atoms with Gasteiger partial charge in [-0.25, -0.2) is 14.8 Å². The average Bonchev–Trinajstić information content (AvgIpc) is 4.09. The Kier molecular flexibility index (Phi) is 10.9. The summed E-state index contributed by atoms with van der Waals surface area (Å²) in [6.45, 7) is 1.21. The zero-order valence-electron chi connectivity index (χ0n) is 32.8. The molecule has 3 amide bonds. The SMILES string of the molecule is CN(C)C(C(=O)N1CCC[C@H]1c1ncc(-c2ccc(-c3ccc(-c4cnc([C@@H]5CCCN5C(=O)[C@@H](c5ccccc5)N(C)C(=O)O)[nH]4)cc3)cc2)[nH]1)c1cccnc1. The van der Waals surface area contributed by atoms with Crippen LogP contribution in [0, 0.1) is 0 Å². The lowest BCUT2D eigenvalue weighted by Gasteiger charge is -2.32. The highest BCUT2D eigenvalue weighted by atomic mass is 16.4. The Bertz CT molecular complexity index is 2360. The molecule has 3 aromatic carbocycles. The van der Waals surface area contributed by atoms with E-state index in [1.165, 1.54) is 7.05 Å². The molecule has 3 N–H and O–H groups in total. The maximum Gasteiger partial charge on any atom is 0.407 e. The van der Waals surface area contributed by atoms with Gasteiger partial charge in [0.15, 0.2) is 0 Å². The Hall–Kier alpha value is -6.60. The van der Waals surface area contributed by atoms with Crippen molar-refractivity contribution in [2.45, 2.75) is 49.9 Å². The molecule has 0 spiro atoms. The minimum Gasteiger partial charge on any atom is -0.465 e. The molecule has 296 valence electrons. The van der Waals surface area contributed by atoms with Crippen molar-refractivity contribution in [3.8, 4) is 33.6 Å². The van der Waals surface area contributed by atoms with Crippen LogP contribution in [0.25, 0.3) is 33.6 Å². The molecule has 5 heterocycles. The van der Waals surface area contributed by atoms with E-state index >= 15 is 0 Å². The van der Waals surface area contributed by atoms with Crippen LogP contribution in [0.1, 0.15) is 72.6 Å². The van der Waals surface area contributed by atoms with E-state index in [1.54, 1.807) is 35.6 Å². The lowest BCUT2D eigenvalue weighted by Crippen LogP contribution is -2.43. The summed E-state index contributed by atoms with van der Waals surface area (Å²) in [6.07, 6.45) is 9.24. The second kappa shape index (κ2) is 16.5. The van der Waals surface area contributed by atoms with E-state index in [0.29, 0.717) is 24.5 Å². The van der Waals surface area contributed by atoms with Gasteiger partial charge in [0.2, 0.25) is 5.91 Å². The molecule has 3 aromatic heterocycles. The highest BCUT2D eigenvalue weighted by Crippen LogP contribution is 2.37. The van der Waals surface area contributed by atoms with Crippen LogP contribution in [0.3, 0.4) is 0 Å². The summed E-state index contributed by atoms with van der Waals surface area (Å²) in [6, 6.07) is 27.7. The first-order valence-corrected chi connectivity index (χ1v) is 19.7. The quantitative estimate of drug-likeness (QED) is 0.122. The molecule has 0 radical (unpaired) electrons. The number of likely N-dealkylation sites (tertiary alicyclic amines) is 2. The number of imidazole rings is 2. The fraction of sp³-hybridized carbons (Fsp3) is 0.289. The van der Waals surface area contributed by atoms with Crippen molar-refractivity contribution >= 4 is 17.9 Å². The van der Waals surface area contributed by atoms with Crippen molar-refractivity contribution < 1.29 is 19.5 Å². The van der Waals surface area contributed by atoms with Gasteiger partial charge in [-0.1, -0.05) is 84.9 Å². The Morgan fingerprint density at radius 1 is 0.638 bits per heavy atom. The van der Waals surface area contributed by atoms with Gasteiger partial charge in [-0.05, 0) is 79.2 Å². The summed E-state index contributed by atoms with van der Waals surface area (Å²) in [5.41, 5.74) is 7.33. The van der Waals surface area contributed by atoms with Crippen LogP contribution in [0.5, 0.6) is 0 Å². The van der Waals surface area contributed by atoms with Gasteiger partial charge in [-0.2, -0.15) is 0 Å². The van der Waals surface area contributed by atoms with Crippen LogP contribution in [-0.4, -0.2) is 102 Å². The first-order chi connectivity index (χ1) is 28.2. The molecule has 6 aromatic rings. The van der Waals surface area contributed by atoms with E-state index in [2.05, 4.69) is 63.5 Å². The molecule has 0 aliphatic carbocycles. The predicted octanol–water partition coefficient (Wildman–Crippen LogP) is 7.51. The monoisotopic (exact) mass is 777 g/mol. The lowest BCUT2D eigenvalue weighted by molar-refractivity contribution is -0.138. The number of benzene rings is 3. The van der Waals surface area contributed by atoms with Crippen LogP contribution in [0.2, 0.25) is 0 Å². The van der Waals surface area contributed by atoms with Crippen LogP contribution in [-0.2, 0) is 9.59 Å². The third kappa shape index (κ3) is 7.60. The summed E-state index contributed by atoms with van der Waals surface area (Å²) in [7, 11) is 5.27. The standard InChI is InChI=1S/C45H47N9O4/c1-51(2)39(34-12-7-23-46-26-34)43(55)53-24-8-13-37(53)41-47-27-35(49-41)31-19-15-29(16-20-31)30-17-21-32(22-18-30)36-28-48-42(50-36)38-14-9-25-54(38)44(56)40(52(3)45(57)58)33-10-5-4-6-11-33/h4-7,10-12,15-23,26-28,37-40H,8-9,13-14,24-25H2,1-3H3,(H,47,49)(H,48,50)(H,57,58)/t37-,38-,39?,40+/m0/s1. The van der Waals surface area contributed by atoms with Crippen LogP contribution in [0.15, 0.2) is 116 Å². The molecule has 4 atom stereocenters. The van der Waals surface area contributed by atoms with Crippen molar-refractivity contribution in [3.63, 3.8) is 0 Å². The number of nitrogens with zero attached hydrogens (tertiary/aromatic N) is 7. The van der Waals surface area contributed by atoms with Gasteiger partial charge in [0.25, 0.3) is 5.91 Å². The number of pyridine rings is 1. The van der Waals surface area contributed by atoms with Gasteiger partial charge < -0.3 is 24.9 Å². The first-order valence-electron chi connectivity index (χ1n) is 19.7. The maximum absolute atomic E-state index is 14.0. The number of amides is 3. The fourth-order valence-corrected chi connectivity index (χ4v) is 8.41. The molecule has 2 fully saturated rings. The van der Waals surface area contributed by atoms with Gasteiger partial charge in [-0.3, -0.25) is 24.4 Å². The molecule has 2 saturated heterocycles. The number of likely N-dealkylation sites (N-methyl/N-ethyl adjacent to an activating group) is 2. The number of nitrogens with one attached hydrogen (secondary N) is 2. The van der Waals surface area contributed by atoms with E-state index < -0.39 is 18.2 Å². The second-order valence-corrected chi connectivity index (χ2v) is 15.3. The molecule has 0 saturated carbocycles. The zero-order chi connectivity index (χ0) is 40.3. The van der Waals surface area contributed by atoms with Crippen LogP contribution < -0.4 is 0 Å². The fourth-order valence-electron chi connectivity index (χ4n) is 8.41. The summed E-state index contributed by atoms with van der Waals surface area (Å²) in [5, 5.41) is 9.80. The second-order valence-electron chi connectivity index (χ2n) is 15.3. The Morgan fingerprint density at radius 2 is 1.12 bits per heavy atom. The van der Waals surface area contributed by atoms with Crippen molar-refractivity contribution in [1.82, 2.24) is 44.5 Å². The summed E-state index contributed by atoms with van der Waals surface area (Å²) >= 11 is 0. The minimum absolute atomic E-state index is 0.0501. The highest BCUT2D eigenvalue weighted by molar-refractivity contribution is 5.87. The van der Waals surface area contributed by atoms with E-state index in [0.717, 1.165) is 75.6 Å². The average molecular weight is 778 g/mol. The van der Waals surface area contributed by atoms with Gasteiger partial charge in [-0.15, -0.1) is 0 Å². The molecule has 2 aliphatic rings. The topological polar surface area (TPSA) is 155 Å². The normalized spacial score (nSPS) is 17.7. The number of carbonyl (C=O) groups is 3. The number of hydrogen-bond acceptors (Lipinski definition) is 7. The smallest absolute Gasteiger partial charge is 0.407 e. The molecule has 58 heavy (non-hydrogen) atoms. The molecule has 8 rings (SSSR count). The Labute approximate surface area is 337 Å². The van der Waals surface area contributed by atoms with E-state index in [1.807, 2.05) is 60.4 Å². The predicted molar refractivity (Wildman–Crippen MR) is 220 cm³/mol. The molecule has 13 nitrogen and oxygen atoms in total. The Balaban J connectivity index is 0.934. The van der Waals surface area contributed by atoms with Crippen LogP contribution >= 0.6 is 0 Å². The van der Waals surface area contributed by atoms with E-state index in [9.17, 15) is 19.5 Å². The third-order valence-corrected chi connectivity index (χ3v) is 11.4. The van der Waals surface area contributed by atoms with Gasteiger partial charge >= 0.3 is 6.09 Å². The van der Waals surface area contributed by atoms with E-state index in [4.69, 9.17) is 9.97 Å². The number of aromatic amines is 2. The first kappa shape index (κ1) is 38.3. The number of H-pyrrole nitrogens is 2. The molecular formula is C45H47N9O4. The minimum atomic E-state index is -1.16. The molecule has 2 aliphatic heterocycles. The zero-order valence-corrected chi connectivity index (χ0v) is 32.8. The number of carboxylic acid groups (broad SMARTS) is 1. The van der Waals surface area contributed by atoms with Crippen molar-refractivity contribution in [3.05, 3.63) is 139 Å². The van der Waals surface area contributed by atoms with Gasteiger partial charge in [0.05, 0.1) is 35.9 Å². The summed E-state index contributed by atoms with van der Waals surface area (Å²) in [5.74, 6) is 1.26. The van der Waals surface area contributed by atoms with Gasteiger partial charge in [0, 0.05) is 32.5 Å². The van der Waals surface area contributed by atoms with E-state index in [-0.39, 0.29) is 23.9 Å². The lowest BCUT2D eigenvalue weighted by atomic mass is 10.0. The molecular weight excluding hydrogens is 731 g/mol. The maximum atomic E-state index is 14.0. The van der Waals surface area contributed by atoms with Crippen molar-refractivity contribution in [2.75, 3.05) is 34.2 Å². The Morgan fingerprint density at radius 3 is 1.59 bits per heavy atom. The summed E-state index contributed by atoms with van der Waals surface area (Å²) in [4.78, 5) is 67.2. The number of hydrogen-bond donors (Lipinski definition) is 3. The molecule has 1 unspecified atom stereocenters. The van der Waals surface area contributed by atoms with Gasteiger partial charge in [0.1, 0.15) is 23.7 Å². The van der Waals surface area contributed by atoms with Crippen molar-refractivity contribution in [2.24, 2.45) is 0 Å².